The molecule has 3 aliphatic rings. The summed E-state index contributed by atoms with van der Waals surface area (Å²) in [5, 5.41) is 5.65. The summed E-state index contributed by atoms with van der Waals surface area (Å²) in [6.45, 7) is 2.17. The molecule has 2 N–H and O–H groups in total. The molecule has 7 nitrogen and oxygen atoms in total. The zero-order chi connectivity index (χ0) is 17.8. The number of nitrogens with one attached hydrogen (secondary N) is 2. The van der Waals surface area contributed by atoms with Crippen molar-refractivity contribution in [3.63, 3.8) is 0 Å². The first-order valence-electron chi connectivity index (χ1n) is 8.78. The lowest BCUT2D eigenvalue weighted by Crippen LogP contribution is -2.52. The summed E-state index contributed by atoms with van der Waals surface area (Å²) in [7, 11) is 0. The predicted molar refractivity (Wildman–Crippen MR) is 92.4 cm³/mol. The molecule has 7 heteroatoms. The molecular weight excluding hydrogens is 332 g/mol. The summed E-state index contributed by atoms with van der Waals surface area (Å²) >= 11 is 0. The van der Waals surface area contributed by atoms with Crippen molar-refractivity contribution in [2.24, 2.45) is 0 Å². The number of aromatic nitrogens is 1. The van der Waals surface area contributed by atoms with Gasteiger partial charge in [0, 0.05) is 49.7 Å². The highest BCUT2D eigenvalue weighted by Gasteiger charge is 2.39. The van der Waals surface area contributed by atoms with E-state index in [0.717, 1.165) is 24.3 Å². The van der Waals surface area contributed by atoms with Gasteiger partial charge in [-0.15, -0.1) is 0 Å². The van der Waals surface area contributed by atoms with Crippen LogP contribution in [0.4, 0.5) is 0 Å². The zero-order valence-corrected chi connectivity index (χ0v) is 14.1. The van der Waals surface area contributed by atoms with E-state index in [1.165, 1.54) is 11.1 Å². The number of carbonyl (C=O) groups excluding carboxylic acids is 3. The van der Waals surface area contributed by atoms with E-state index in [-0.39, 0.29) is 24.1 Å². The number of hydrogen-bond donors (Lipinski definition) is 2. The normalized spacial score (nSPS) is 21.8. The third-order valence-electron chi connectivity index (χ3n) is 5.44. The standard InChI is InChI=1S/C19H18N4O3/c24-17-4-3-16(18(25)21-17)23-10-11-5-14(1-2-15(11)19(23)26)22-8-12-6-20-7-13(12)9-22/h1-2,5,8-9,16,20H,3-4,6-7,10H2,(H,21,24,25)/t16-/m1/s1. The lowest BCUT2D eigenvalue weighted by atomic mass is 10.0. The van der Waals surface area contributed by atoms with Crippen LogP contribution in [0.25, 0.3) is 5.69 Å². The molecule has 0 saturated carbocycles. The Kier molecular flexibility index (Phi) is 3.27. The highest BCUT2D eigenvalue weighted by atomic mass is 16.2. The van der Waals surface area contributed by atoms with E-state index in [9.17, 15) is 14.4 Å². The van der Waals surface area contributed by atoms with E-state index >= 15 is 0 Å². The van der Waals surface area contributed by atoms with Crippen molar-refractivity contribution in [2.45, 2.75) is 38.5 Å². The molecule has 0 unspecified atom stereocenters. The third kappa shape index (κ3) is 2.28. The van der Waals surface area contributed by atoms with Gasteiger partial charge in [0.2, 0.25) is 11.8 Å². The van der Waals surface area contributed by atoms with Crippen LogP contribution in [0.3, 0.4) is 0 Å². The fraction of sp³-hybridized carbons (Fsp3) is 0.316. The van der Waals surface area contributed by atoms with Crippen LogP contribution in [-0.4, -0.2) is 33.2 Å². The van der Waals surface area contributed by atoms with Crippen LogP contribution >= 0.6 is 0 Å². The van der Waals surface area contributed by atoms with Gasteiger partial charge in [0.25, 0.3) is 5.91 Å². The summed E-state index contributed by atoms with van der Waals surface area (Å²) < 4.78 is 2.09. The van der Waals surface area contributed by atoms with Crippen molar-refractivity contribution in [3.8, 4) is 5.69 Å². The number of amides is 3. The van der Waals surface area contributed by atoms with Crippen LogP contribution in [0, 0.1) is 0 Å². The van der Waals surface area contributed by atoms with Gasteiger partial charge in [-0.1, -0.05) is 0 Å². The van der Waals surface area contributed by atoms with E-state index in [1.54, 1.807) is 4.90 Å². The molecule has 0 bridgehead atoms. The molecule has 1 fully saturated rings. The van der Waals surface area contributed by atoms with Crippen molar-refractivity contribution < 1.29 is 14.4 Å². The molecule has 0 aliphatic carbocycles. The summed E-state index contributed by atoms with van der Waals surface area (Å²) in [5.41, 5.74) is 5.17. The molecule has 5 rings (SSSR count). The number of nitrogens with zero attached hydrogens (tertiary/aromatic N) is 2. The molecule has 1 saturated heterocycles. The van der Waals surface area contributed by atoms with E-state index in [1.807, 2.05) is 18.2 Å². The molecule has 1 aromatic carbocycles. The molecule has 1 aromatic heterocycles. The van der Waals surface area contributed by atoms with E-state index in [2.05, 4.69) is 27.6 Å². The maximum absolute atomic E-state index is 12.7. The van der Waals surface area contributed by atoms with Gasteiger partial charge < -0.3 is 14.8 Å². The number of fused-ring (bicyclic) bond motifs is 2. The van der Waals surface area contributed by atoms with E-state index in [4.69, 9.17) is 0 Å². The van der Waals surface area contributed by atoms with Crippen molar-refractivity contribution in [2.75, 3.05) is 0 Å². The van der Waals surface area contributed by atoms with E-state index in [0.29, 0.717) is 18.5 Å². The molecule has 3 amide bonds. The Hall–Kier alpha value is -2.93. The van der Waals surface area contributed by atoms with Gasteiger partial charge in [0.15, 0.2) is 0 Å². The Morgan fingerprint density at radius 3 is 2.50 bits per heavy atom. The lowest BCUT2D eigenvalue weighted by molar-refractivity contribution is -0.136. The Labute approximate surface area is 150 Å². The minimum Gasteiger partial charge on any atom is -0.323 e. The quantitative estimate of drug-likeness (QED) is 0.787. The van der Waals surface area contributed by atoms with Gasteiger partial charge in [-0.05, 0) is 41.3 Å². The molecule has 132 valence electrons. The Morgan fingerprint density at radius 2 is 1.77 bits per heavy atom. The number of piperidine rings is 1. The van der Waals surface area contributed by atoms with Crippen LogP contribution in [0.5, 0.6) is 0 Å². The largest absolute Gasteiger partial charge is 0.323 e. The average molecular weight is 350 g/mol. The lowest BCUT2D eigenvalue weighted by Gasteiger charge is -2.29. The average Bonchev–Trinajstić information content (AvgIpc) is 3.28. The van der Waals surface area contributed by atoms with Crippen molar-refractivity contribution in [3.05, 3.63) is 52.8 Å². The monoisotopic (exact) mass is 350 g/mol. The summed E-state index contributed by atoms with van der Waals surface area (Å²) in [5.74, 6) is -0.787. The zero-order valence-electron chi connectivity index (χ0n) is 14.1. The summed E-state index contributed by atoms with van der Waals surface area (Å²) in [4.78, 5) is 37.8. The first-order chi connectivity index (χ1) is 12.6. The summed E-state index contributed by atoms with van der Waals surface area (Å²) in [6.07, 6.45) is 4.89. The molecule has 0 radical (unpaired) electrons. The Balaban J connectivity index is 1.43. The van der Waals surface area contributed by atoms with Crippen LogP contribution < -0.4 is 10.6 Å². The van der Waals surface area contributed by atoms with Crippen LogP contribution in [0.15, 0.2) is 30.6 Å². The molecule has 3 aliphatic heterocycles. The van der Waals surface area contributed by atoms with E-state index < -0.39 is 6.04 Å². The molecule has 26 heavy (non-hydrogen) atoms. The van der Waals surface area contributed by atoms with Crippen LogP contribution in [0.1, 0.15) is 39.9 Å². The van der Waals surface area contributed by atoms with Crippen molar-refractivity contribution in [1.29, 1.82) is 0 Å². The second-order valence-electron chi connectivity index (χ2n) is 7.06. The second kappa shape index (κ2) is 5.54. The van der Waals surface area contributed by atoms with Crippen molar-refractivity contribution in [1.82, 2.24) is 20.1 Å². The second-order valence-corrected chi connectivity index (χ2v) is 7.06. The maximum Gasteiger partial charge on any atom is 0.255 e. The first kappa shape index (κ1) is 15.3. The minimum absolute atomic E-state index is 0.139. The highest BCUT2D eigenvalue weighted by Crippen LogP contribution is 2.30. The van der Waals surface area contributed by atoms with Gasteiger partial charge in [0.1, 0.15) is 6.04 Å². The highest BCUT2D eigenvalue weighted by molar-refractivity contribution is 6.05. The van der Waals surface area contributed by atoms with Gasteiger partial charge in [-0.2, -0.15) is 0 Å². The SMILES string of the molecule is O=C1CC[C@@H](N2Cc3cc(-n4cc5c(c4)CNC5)ccc3C2=O)C(=O)N1. The molecule has 0 spiro atoms. The third-order valence-corrected chi connectivity index (χ3v) is 5.44. The Bertz CT molecular complexity index is 940. The topological polar surface area (TPSA) is 83.4 Å². The number of imide groups is 1. The molecule has 4 heterocycles. The predicted octanol–water partition coefficient (Wildman–Crippen LogP) is 0.841. The van der Waals surface area contributed by atoms with Gasteiger partial charge in [0.05, 0.1) is 0 Å². The molecule has 2 aromatic rings. The number of benzene rings is 1. The van der Waals surface area contributed by atoms with Gasteiger partial charge in [-0.3, -0.25) is 19.7 Å². The summed E-state index contributed by atoms with van der Waals surface area (Å²) in [6, 6.07) is 5.22. The fourth-order valence-corrected chi connectivity index (χ4v) is 4.06. The number of hydrogen-bond acceptors (Lipinski definition) is 4. The molecular formula is C19H18N4O3. The van der Waals surface area contributed by atoms with Crippen LogP contribution in [-0.2, 0) is 29.2 Å². The smallest absolute Gasteiger partial charge is 0.255 e. The minimum atomic E-state index is -0.572. The first-order valence-corrected chi connectivity index (χ1v) is 8.78. The van der Waals surface area contributed by atoms with Crippen LogP contribution in [0.2, 0.25) is 0 Å². The maximum atomic E-state index is 12.7. The van der Waals surface area contributed by atoms with Crippen molar-refractivity contribution >= 4 is 17.7 Å². The fourth-order valence-electron chi connectivity index (χ4n) is 4.06. The Morgan fingerprint density at radius 1 is 1.00 bits per heavy atom. The number of rotatable bonds is 2. The van der Waals surface area contributed by atoms with Gasteiger partial charge in [-0.25, -0.2) is 0 Å². The molecule has 1 atom stereocenters. The number of carbonyl (C=O) groups is 3. The van der Waals surface area contributed by atoms with Gasteiger partial charge >= 0.3 is 0 Å².